The Kier molecular flexibility index (Phi) is 4.57. The van der Waals surface area contributed by atoms with Gasteiger partial charge in [-0.1, -0.05) is 17.7 Å². The van der Waals surface area contributed by atoms with Crippen molar-refractivity contribution in [1.29, 1.82) is 0 Å². The standard InChI is InChI=1S/C14H19N3O2S/c1-12-4-6-14(7-5-12)20(18,19)16-8-3-9-17-11-13(2)10-15-17/h4-7,10-11,16H,3,8-9H2,1-2H3. The van der Waals surface area contributed by atoms with Gasteiger partial charge in [0.1, 0.15) is 0 Å². The van der Waals surface area contributed by atoms with Crippen molar-refractivity contribution in [3.63, 3.8) is 0 Å². The number of aromatic nitrogens is 2. The first-order valence-electron chi connectivity index (χ1n) is 6.53. The van der Waals surface area contributed by atoms with Crippen LogP contribution in [-0.4, -0.2) is 24.7 Å². The number of sulfonamides is 1. The lowest BCUT2D eigenvalue weighted by atomic mass is 10.2. The van der Waals surface area contributed by atoms with Crippen LogP contribution in [0, 0.1) is 13.8 Å². The molecule has 0 saturated heterocycles. The predicted octanol–water partition coefficient (Wildman–Crippen LogP) is 1.87. The average Bonchev–Trinajstić information content (AvgIpc) is 2.81. The molecule has 2 rings (SSSR count). The van der Waals surface area contributed by atoms with Gasteiger partial charge in [0.25, 0.3) is 0 Å². The quantitative estimate of drug-likeness (QED) is 0.827. The van der Waals surface area contributed by atoms with E-state index in [1.807, 2.05) is 24.7 Å². The van der Waals surface area contributed by atoms with Crippen molar-refractivity contribution in [1.82, 2.24) is 14.5 Å². The van der Waals surface area contributed by atoms with E-state index in [0.29, 0.717) is 24.4 Å². The normalized spacial score (nSPS) is 11.7. The van der Waals surface area contributed by atoms with Crippen LogP contribution in [0.25, 0.3) is 0 Å². The van der Waals surface area contributed by atoms with Gasteiger partial charge >= 0.3 is 0 Å². The zero-order valence-electron chi connectivity index (χ0n) is 11.7. The number of hydrogen-bond acceptors (Lipinski definition) is 3. The van der Waals surface area contributed by atoms with Gasteiger partial charge in [0.05, 0.1) is 11.1 Å². The van der Waals surface area contributed by atoms with Gasteiger partial charge in [0, 0.05) is 19.3 Å². The van der Waals surface area contributed by atoms with Crippen molar-refractivity contribution in [2.24, 2.45) is 0 Å². The summed E-state index contributed by atoms with van der Waals surface area (Å²) in [6.45, 7) is 5.00. The Labute approximate surface area is 119 Å². The van der Waals surface area contributed by atoms with Gasteiger partial charge < -0.3 is 0 Å². The van der Waals surface area contributed by atoms with Gasteiger partial charge in [-0.05, 0) is 38.0 Å². The van der Waals surface area contributed by atoms with Crippen LogP contribution in [0.3, 0.4) is 0 Å². The summed E-state index contributed by atoms with van der Waals surface area (Å²) in [5.41, 5.74) is 2.14. The molecule has 1 N–H and O–H groups in total. The third-order valence-corrected chi connectivity index (χ3v) is 4.43. The summed E-state index contributed by atoms with van der Waals surface area (Å²) in [7, 11) is -3.41. The fraction of sp³-hybridized carbons (Fsp3) is 0.357. The van der Waals surface area contributed by atoms with Crippen LogP contribution in [0.2, 0.25) is 0 Å². The maximum Gasteiger partial charge on any atom is 0.240 e. The number of rotatable bonds is 6. The summed E-state index contributed by atoms with van der Waals surface area (Å²) in [6.07, 6.45) is 4.43. The van der Waals surface area contributed by atoms with E-state index < -0.39 is 10.0 Å². The van der Waals surface area contributed by atoms with Crippen LogP contribution in [0.15, 0.2) is 41.6 Å². The number of aryl methyl sites for hydroxylation is 3. The van der Waals surface area contributed by atoms with E-state index in [9.17, 15) is 8.42 Å². The molecule has 6 heteroatoms. The minimum Gasteiger partial charge on any atom is -0.272 e. The maximum atomic E-state index is 12.0. The van der Waals surface area contributed by atoms with Gasteiger partial charge in [-0.3, -0.25) is 4.68 Å². The van der Waals surface area contributed by atoms with Crippen LogP contribution in [0.5, 0.6) is 0 Å². The summed E-state index contributed by atoms with van der Waals surface area (Å²) in [4.78, 5) is 0.304. The molecule has 108 valence electrons. The molecule has 0 spiro atoms. The van der Waals surface area contributed by atoms with Crippen molar-refractivity contribution < 1.29 is 8.42 Å². The Morgan fingerprint density at radius 1 is 1.15 bits per heavy atom. The second kappa shape index (κ2) is 6.19. The molecule has 1 aromatic carbocycles. The number of nitrogens with one attached hydrogen (secondary N) is 1. The molecule has 0 unspecified atom stereocenters. The van der Waals surface area contributed by atoms with Crippen LogP contribution in [0.1, 0.15) is 17.5 Å². The molecule has 2 aromatic rings. The average molecular weight is 293 g/mol. The van der Waals surface area contributed by atoms with Crippen molar-refractivity contribution in [3.05, 3.63) is 47.8 Å². The van der Waals surface area contributed by atoms with Gasteiger partial charge in [-0.2, -0.15) is 5.10 Å². The summed E-state index contributed by atoms with van der Waals surface area (Å²) in [5, 5.41) is 4.16. The van der Waals surface area contributed by atoms with E-state index in [0.717, 1.165) is 11.1 Å². The minimum absolute atomic E-state index is 0.304. The summed E-state index contributed by atoms with van der Waals surface area (Å²) < 4.78 is 28.5. The number of benzene rings is 1. The third kappa shape index (κ3) is 3.91. The van der Waals surface area contributed by atoms with E-state index in [1.54, 1.807) is 30.5 Å². The van der Waals surface area contributed by atoms with Gasteiger partial charge in [0.2, 0.25) is 10.0 Å². The topological polar surface area (TPSA) is 64.0 Å². The smallest absolute Gasteiger partial charge is 0.240 e. The molecule has 0 aliphatic carbocycles. The first-order valence-corrected chi connectivity index (χ1v) is 8.01. The molecule has 20 heavy (non-hydrogen) atoms. The largest absolute Gasteiger partial charge is 0.272 e. The van der Waals surface area contributed by atoms with Crippen LogP contribution in [-0.2, 0) is 16.6 Å². The highest BCUT2D eigenvalue weighted by atomic mass is 32.2. The lowest BCUT2D eigenvalue weighted by Gasteiger charge is -2.07. The van der Waals surface area contributed by atoms with E-state index in [2.05, 4.69) is 9.82 Å². The van der Waals surface area contributed by atoms with Crippen molar-refractivity contribution in [2.45, 2.75) is 31.7 Å². The highest BCUT2D eigenvalue weighted by molar-refractivity contribution is 7.89. The highest BCUT2D eigenvalue weighted by Crippen LogP contribution is 2.09. The second-order valence-corrected chi connectivity index (χ2v) is 6.61. The molecule has 0 bridgehead atoms. The summed E-state index contributed by atoms with van der Waals surface area (Å²) in [6, 6.07) is 6.82. The Hall–Kier alpha value is -1.66. The highest BCUT2D eigenvalue weighted by Gasteiger charge is 2.12. The van der Waals surface area contributed by atoms with Gasteiger partial charge in [0.15, 0.2) is 0 Å². The molecule has 0 fully saturated rings. The van der Waals surface area contributed by atoms with E-state index in [4.69, 9.17) is 0 Å². The molecule has 0 radical (unpaired) electrons. The van der Waals surface area contributed by atoms with Crippen LogP contribution >= 0.6 is 0 Å². The predicted molar refractivity (Wildman–Crippen MR) is 77.9 cm³/mol. The molecule has 0 aliphatic heterocycles. The molecular weight excluding hydrogens is 274 g/mol. The Balaban J connectivity index is 1.85. The van der Waals surface area contributed by atoms with Crippen LogP contribution in [0.4, 0.5) is 0 Å². The minimum atomic E-state index is -3.41. The second-order valence-electron chi connectivity index (χ2n) is 4.85. The fourth-order valence-corrected chi connectivity index (χ4v) is 2.91. The van der Waals surface area contributed by atoms with Crippen LogP contribution < -0.4 is 4.72 Å². The molecule has 0 aliphatic rings. The first kappa shape index (κ1) is 14.7. The molecule has 0 atom stereocenters. The third-order valence-electron chi connectivity index (χ3n) is 2.95. The SMILES string of the molecule is Cc1ccc(S(=O)(=O)NCCCn2cc(C)cn2)cc1. The molecule has 5 nitrogen and oxygen atoms in total. The Morgan fingerprint density at radius 2 is 1.85 bits per heavy atom. The van der Waals surface area contributed by atoms with Crippen molar-refractivity contribution >= 4 is 10.0 Å². The maximum absolute atomic E-state index is 12.0. The zero-order chi connectivity index (χ0) is 14.6. The Morgan fingerprint density at radius 3 is 2.45 bits per heavy atom. The number of hydrogen-bond donors (Lipinski definition) is 1. The lowest BCUT2D eigenvalue weighted by Crippen LogP contribution is -2.25. The Bertz CT molecular complexity index is 660. The number of nitrogens with zero attached hydrogens (tertiary/aromatic N) is 2. The molecule has 1 aromatic heterocycles. The molecular formula is C14H19N3O2S. The van der Waals surface area contributed by atoms with E-state index in [-0.39, 0.29) is 0 Å². The van der Waals surface area contributed by atoms with E-state index >= 15 is 0 Å². The van der Waals surface area contributed by atoms with E-state index in [1.165, 1.54) is 0 Å². The van der Waals surface area contributed by atoms with Gasteiger partial charge in [-0.15, -0.1) is 0 Å². The molecule has 0 saturated carbocycles. The first-order chi connectivity index (χ1) is 9.47. The fourth-order valence-electron chi connectivity index (χ4n) is 1.84. The summed E-state index contributed by atoms with van der Waals surface area (Å²) in [5.74, 6) is 0. The monoisotopic (exact) mass is 293 g/mol. The van der Waals surface area contributed by atoms with Gasteiger partial charge in [-0.25, -0.2) is 13.1 Å². The zero-order valence-corrected chi connectivity index (χ0v) is 12.5. The molecule has 1 heterocycles. The lowest BCUT2D eigenvalue weighted by molar-refractivity contribution is 0.553. The summed E-state index contributed by atoms with van der Waals surface area (Å²) >= 11 is 0. The van der Waals surface area contributed by atoms with Crippen molar-refractivity contribution in [3.8, 4) is 0 Å². The molecule has 0 amide bonds. The van der Waals surface area contributed by atoms with Crippen molar-refractivity contribution in [2.75, 3.05) is 6.54 Å².